The molecule has 4 rings (SSSR count). The lowest BCUT2D eigenvalue weighted by atomic mass is 9.91. The maximum absolute atomic E-state index is 14.6. The smallest absolute Gasteiger partial charge is 0.300 e. The van der Waals surface area contributed by atoms with Crippen LogP contribution in [0.25, 0.3) is 11.0 Å². The Morgan fingerprint density at radius 1 is 1.28 bits per heavy atom. The van der Waals surface area contributed by atoms with Gasteiger partial charge < -0.3 is 15.4 Å². The Bertz CT molecular complexity index is 1290. The monoisotopic (exact) mass is 439 g/mol. The summed E-state index contributed by atoms with van der Waals surface area (Å²) >= 11 is 0. The Morgan fingerprint density at radius 3 is 2.62 bits per heavy atom. The summed E-state index contributed by atoms with van der Waals surface area (Å²) in [6.07, 6.45) is 2.53. The predicted molar refractivity (Wildman–Crippen MR) is 115 cm³/mol. The number of benzene rings is 1. The third kappa shape index (κ3) is 3.60. The molecule has 0 saturated heterocycles. The second kappa shape index (κ2) is 7.35. The molecule has 1 saturated carbocycles. The third-order valence-corrected chi connectivity index (χ3v) is 6.00. The summed E-state index contributed by atoms with van der Waals surface area (Å²) in [5.74, 6) is -3.03. The first-order chi connectivity index (χ1) is 15.0. The number of aromatic nitrogens is 3. The Morgan fingerprint density at radius 2 is 2.00 bits per heavy atom. The van der Waals surface area contributed by atoms with E-state index in [1.807, 2.05) is 0 Å². The lowest BCUT2D eigenvalue weighted by Gasteiger charge is -2.30. The first-order valence-corrected chi connectivity index (χ1v) is 10.3. The second-order valence-corrected chi connectivity index (χ2v) is 8.82. The summed E-state index contributed by atoms with van der Waals surface area (Å²) in [6.45, 7) is 3.93. The van der Waals surface area contributed by atoms with Crippen LogP contribution in [0.2, 0.25) is 0 Å². The van der Waals surface area contributed by atoms with Crippen LogP contribution in [0.1, 0.15) is 56.3 Å². The highest BCUT2D eigenvalue weighted by molar-refractivity contribution is 5.87. The van der Waals surface area contributed by atoms with Crippen LogP contribution < -0.4 is 10.9 Å². The maximum atomic E-state index is 14.6. The van der Waals surface area contributed by atoms with Crippen LogP contribution in [0.5, 0.6) is 0 Å². The molecule has 0 unspecified atom stereocenters. The van der Waals surface area contributed by atoms with Crippen molar-refractivity contribution in [2.75, 3.05) is 5.32 Å². The van der Waals surface area contributed by atoms with Gasteiger partial charge in [-0.1, -0.05) is 18.2 Å². The molecular weight excluding hydrogens is 416 g/mol. The van der Waals surface area contributed by atoms with E-state index in [9.17, 15) is 23.9 Å². The largest absolute Gasteiger partial charge is 0.384 e. The number of aromatic amines is 1. The highest BCUT2D eigenvalue weighted by Gasteiger charge is 2.48. The molecule has 166 valence electrons. The third-order valence-electron chi connectivity index (χ3n) is 6.00. The van der Waals surface area contributed by atoms with E-state index < -0.39 is 23.0 Å². The van der Waals surface area contributed by atoms with Crippen molar-refractivity contribution in [3.63, 3.8) is 0 Å². The Kier molecular flexibility index (Phi) is 5.01. The van der Waals surface area contributed by atoms with Crippen LogP contribution in [-0.2, 0) is 11.3 Å². The minimum absolute atomic E-state index is 0.292. The highest BCUT2D eigenvalue weighted by atomic mass is 19.3. The SMILES string of the molecule is C[C@@H](Nc1ncnc2[nH]c(=O)c(C3(C#N)CC3)cc12)c1cccc(C(F)(F)C(C)(C)O)c1. The van der Waals surface area contributed by atoms with Gasteiger partial charge in [0.25, 0.3) is 5.56 Å². The number of pyridine rings is 1. The number of H-pyrrole nitrogens is 1. The summed E-state index contributed by atoms with van der Waals surface area (Å²) in [4.78, 5) is 23.6. The normalized spacial score (nSPS) is 16.4. The van der Waals surface area contributed by atoms with E-state index in [1.165, 1.54) is 24.5 Å². The topological polar surface area (TPSA) is 115 Å². The zero-order valence-corrected chi connectivity index (χ0v) is 17.9. The van der Waals surface area contributed by atoms with E-state index in [-0.39, 0.29) is 11.1 Å². The summed E-state index contributed by atoms with van der Waals surface area (Å²) < 4.78 is 29.2. The molecule has 0 bridgehead atoms. The maximum Gasteiger partial charge on any atom is 0.300 e. The zero-order valence-electron chi connectivity index (χ0n) is 17.9. The molecule has 2 aromatic heterocycles. The minimum Gasteiger partial charge on any atom is -0.384 e. The number of rotatable bonds is 6. The van der Waals surface area contributed by atoms with Gasteiger partial charge in [0, 0.05) is 17.2 Å². The van der Waals surface area contributed by atoms with Gasteiger partial charge in [-0.2, -0.15) is 14.0 Å². The molecule has 0 spiro atoms. The van der Waals surface area contributed by atoms with E-state index in [0.29, 0.717) is 40.8 Å². The van der Waals surface area contributed by atoms with Crippen LogP contribution in [0, 0.1) is 11.3 Å². The summed E-state index contributed by atoms with van der Waals surface area (Å²) in [6, 6.07) is 9.28. The lowest BCUT2D eigenvalue weighted by molar-refractivity contribution is -0.168. The van der Waals surface area contributed by atoms with Gasteiger partial charge in [-0.05, 0) is 51.3 Å². The minimum atomic E-state index is -3.44. The number of alkyl halides is 2. The molecule has 1 aliphatic rings. The van der Waals surface area contributed by atoms with Gasteiger partial charge in [-0.3, -0.25) is 4.79 Å². The fourth-order valence-electron chi connectivity index (χ4n) is 3.70. The Balaban J connectivity index is 1.70. The van der Waals surface area contributed by atoms with Gasteiger partial charge in [0.1, 0.15) is 23.4 Å². The van der Waals surface area contributed by atoms with Crippen LogP contribution in [0.15, 0.2) is 41.5 Å². The molecule has 3 N–H and O–H groups in total. The number of hydrogen-bond donors (Lipinski definition) is 3. The van der Waals surface area contributed by atoms with Crippen molar-refractivity contribution < 1.29 is 13.9 Å². The number of nitrogens with zero attached hydrogens (tertiary/aromatic N) is 3. The Labute approximate surface area is 183 Å². The van der Waals surface area contributed by atoms with Crippen molar-refractivity contribution >= 4 is 16.9 Å². The molecule has 0 aliphatic heterocycles. The second-order valence-electron chi connectivity index (χ2n) is 8.82. The Hall–Kier alpha value is -3.38. The summed E-state index contributed by atoms with van der Waals surface area (Å²) in [5, 5.41) is 23.1. The van der Waals surface area contributed by atoms with Gasteiger partial charge in [0.15, 0.2) is 0 Å². The molecule has 0 amide bonds. The van der Waals surface area contributed by atoms with Crippen molar-refractivity contribution in [3.8, 4) is 6.07 Å². The van der Waals surface area contributed by atoms with E-state index in [4.69, 9.17) is 0 Å². The molecule has 9 heteroatoms. The molecule has 7 nitrogen and oxygen atoms in total. The van der Waals surface area contributed by atoms with Crippen molar-refractivity contribution in [1.82, 2.24) is 15.0 Å². The number of anilines is 1. The van der Waals surface area contributed by atoms with E-state index in [0.717, 1.165) is 13.8 Å². The van der Waals surface area contributed by atoms with Crippen molar-refractivity contribution in [3.05, 3.63) is 63.7 Å². The van der Waals surface area contributed by atoms with E-state index in [2.05, 4.69) is 26.3 Å². The van der Waals surface area contributed by atoms with Gasteiger partial charge in [-0.15, -0.1) is 0 Å². The molecule has 1 aliphatic carbocycles. The van der Waals surface area contributed by atoms with E-state index >= 15 is 0 Å². The first kappa shape index (κ1) is 21.8. The zero-order chi connectivity index (χ0) is 23.3. The number of nitrogens with one attached hydrogen (secondary N) is 2. The fraction of sp³-hybridized carbons (Fsp3) is 0.391. The van der Waals surface area contributed by atoms with Gasteiger partial charge in [0.05, 0.1) is 16.9 Å². The average molecular weight is 439 g/mol. The average Bonchev–Trinajstić information content (AvgIpc) is 3.54. The molecular formula is C23H23F2N5O2. The van der Waals surface area contributed by atoms with Gasteiger partial charge >= 0.3 is 5.92 Å². The fourth-order valence-corrected chi connectivity index (χ4v) is 3.70. The van der Waals surface area contributed by atoms with Crippen LogP contribution >= 0.6 is 0 Å². The first-order valence-electron chi connectivity index (χ1n) is 10.3. The van der Waals surface area contributed by atoms with Crippen LogP contribution in [-0.4, -0.2) is 25.7 Å². The number of aliphatic hydroxyl groups is 1. The standard InChI is InChI=1S/C23H23F2N5O2/c1-13(14-5-4-6-15(9-14)23(24,25)21(2,3)32)29-18-16-10-17(22(11-26)7-8-22)20(31)30-19(16)28-12-27-18/h4-6,9-10,12-13,32H,7-8H2,1-3H3,(H2,27,28,29,30,31)/t13-/m1/s1. The lowest BCUT2D eigenvalue weighted by Crippen LogP contribution is -2.40. The summed E-state index contributed by atoms with van der Waals surface area (Å²) in [5.41, 5.74) is -2.37. The van der Waals surface area contributed by atoms with Crippen molar-refractivity contribution in [2.45, 2.75) is 56.6 Å². The number of nitriles is 1. The predicted octanol–water partition coefficient (Wildman–Crippen LogP) is 3.91. The number of fused-ring (bicyclic) bond motifs is 1. The molecule has 1 aromatic carbocycles. The van der Waals surface area contributed by atoms with Crippen LogP contribution in [0.4, 0.5) is 14.6 Å². The van der Waals surface area contributed by atoms with Crippen molar-refractivity contribution in [1.29, 1.82) is 5.26 Å². The van der Waals surface area contributed by atoms with E-state index in [1.54, 1.807) is 19.1 Å². The molecule has 0 radical (unpaired) electrons. The summed E-state index contributed by atoms with van der Waals surface area (Å²) in [7, 11) is 0. The molecule has 3 aromatic rings. The highest BCUT2D eigenvalue weighted by Crippen LogP contribution is 2.46. The quantitative estimate of drug-likeness (QED) is 0.537. The van der Waals surface area contributed by atoms with Gasteiger partial charge in [0.2, 0.25) is 0 Å². The molecule has 32 heavy (non-hydrogen) atoms. The number of halogens is 2. The number of hydrogen-bond acceptors (Lipinski definition) is 6. The molecule has 1 fully saturated rings. The molecule has 1 atom stereocenters. The van der Waals surface area contributed by atoms with Gasteiger partial charge in [-0.25, -0.2) is 9.97 Å². The van der Waals surface area contributed by atoms with Crippen molar-refractivity contribution in [2.24, 2.45) is 0 Å². The van der Waals surface area contributed by atoms with Crippen LogP contribution in [0.3, 0.4) is 0 Å². The molecule has 2 heterocycles.